The van der Waals surface area contributed by atoms with Gasteiger partial charge in [0.15, 0.2) is 0 Å². The van der Waals surface area contributed by atoms with Gasteiger partial charge in [-0.3, -0.25) is 4.55 Å². The molecule has 11 heavy (non-hydrogen) atoms. The Morgan fingerprint density at radius 1 is 1.36 bits per heavy atom. The van der Waals surface area contributed by atoms with E-state index in [1.165, 1.54) is 6.92 Å². The highest BCUT2D eigenvalue weighted by Gasteiger charge is 1.98. The van der Waals surface area contributed by atoms with E-state index >= 15 is 0 Å². The van der Waals surface area contributed by atoms with E-state index in [4.69, 9.17) is 16.0 Å². The van der Waals surface area contributed by atoms with E-state index < -0.39 is 10.4 Å². The lowest BCUT2D eigenvalue weighted by molar-refractivity contribution is 0.283. The highest BCUT2D eigenvalue weighted by Crippen LogP contribution is 1.81. The molecule has 0 radical (unpaired) electrons. The number of rotatable bonds is 3. The molecule has 0 rings (SSSR count). The fraction of sp³-hybridized carbons (Fsp3) is 1.00. The van der Waals surface area contributed by atoms with E-state index in [9.17, 15) is 8.42 Å². The van der Waals surface area contributed by atoms with E-state index in [1.54, 1.807) is 0 Å². The van der Waals surface area contributed by atoms with Crippen molar-refractivity contribution in [3.05, 3.63) is 0 Å². The van der Waals surface area contributed by atoms with Crippen LogP contribution < -0.4 is 11.5 Å². The fourth-order valence-electron chi connectivity index (χ4n) is 0.149. The summed E-state index contributed by atoms with van der Waals surface area (Å²) in [5.41, 5.74) is 9.81. The van der Waals surface area contributed by atoms with Crippen LogP contribution in [-0.4, -0.2) is 32.7 Å². The standard InChI is InChI=1S/C2H8N2.C2H6O4S/c3-1-2-4;1-2-6-7(3,4)5/h1-4H2;2H2,1H3,(H,3,4,5). The molecular weight excluding hydrogens is 172 g/mol. The Morgan fingerprint density at radius 2 is 1.73 bits per heavy atom. The van der Waals surface area contributed by atoms with Gasteiger partial charge in [0, 0.05) is 13.1 Å². The first-order chi connectivity index (χ1) is 4.97. The van der Waals surface area contributed by atoms with Gasteiger partial charge in [0.2, 0.25) is 0 Å². The Hall–Kier alpha value is -0.210. The summed E-state index contributed by atoms with van der Waals surface area (Å²) in [6, 6.07) is 0. The van der Waals surface area contributed by atoms with Gasteiger partial charge in [-0.2, -0.15) is 8.42 Å². The second-order valence-corrected chi connectivity index (χ2v) is 2.50. The third-order valence-corrected chi connectivity index (χ3v) is 0.967. The molecule has 0 atom stereocenters. The van der Waals surface area contributed by atoms with E-state index in [2.05, 4.69) is 4.18 Å². The van der Waals surface area contributed by atoms with Gasteiger partial charge in [0.05, 0.1) is 6.61 Å². The van der Waals surface area contributed by atoms with Gasteiger partial charge >= 0.3 is 10.4 Å². The lowest BCUT2D eigenvalue weighted by Gasteiger charge is -1.88. The third-order valence-electron chi connectivity index (χ3n) is 0.433. The van der Waals surface area contributed by atoms with E-state index in [0.717, 1.165) is 0 Å². The molecule has 0 aromatic heterocycles. The van der Waals surface area contributed by atoms with E-state index in [-0.39, 0.29) is 6.61 Å². The van der Waals surface area contributed by atoms with Crippen molar-refractivity contribution >= 4 is 10.4 Å². The summed E-state index contributed by atoms with van der Waals surface area (Å²) in [4.78, 5) is 0. The van der Waals surface area contributed by atoms with Crippen LogP contribution >= 0.6 is 0 Å². The van der Waals surface area contributed by atoms with Gasteiger partial charge in [0.1, 0.15) is 0 Å². The summed E-state index contributed by atoms with van der Waals surface area (Å²) in [7, 11) is -4.17. The number of hydrogen-bond donors (Lipinski definition) is 3. The van der Waals surface area contributed by atoms with Crippen LogP contribution in [-0.2, 0) is 14.6 Å². The maximum absolute atomic E-state index is 9.56. The summed E-state index contributed by atoms with van der Waals surface area (Å²) < 4.78 is 30.7. The SMILES string of the molecule is CCOS(=O)(=O)O.NCCN. The molecule has 0 heterocycles. The predicted octanol–water partition coefficient (Wildman–Crippen LogP) is -1.27. The van der Waals surface area contributed by atoms with Crippen molar-refractivity contribution in [2.75, 3.05) is 19.7 Å². The van der Waals surface area contributed by atoms with Crippen molar-refractivity contribution < 1.29 is 17.2 Å². The van der Waals surface area contributed by atoms with Crippen LogP contribution in [0.15, 0.2) is 0 Å². The molecule has 0 aromatic carbocycles. The molecule has 6 nitrogen and oxygen atoms in total. The molecule has 7 heteroatoms. The minimum atomic E-state index is -4.17. The molecule has 0 aliphatic heterocycles. The zero-order valence-corrected chi connectivity index (χ0v) is 7.17. The maximum Gasteiger partial charge on any atom is 0.397 e. The van der Waals surface area contributed by atoms with Crippen LogP contribution in [0, 0.1) is 0 Å². The molecule has 0 saturated heterocycles. The Morgan fingerprint density at radius 3 is 1.73 bits per heavy atom. The molecule has 0 aromatic rings. The van der Waals surface area contributed by atoms with Crippen molar-refractivity contribution in [2.24, 2.45) is 11.5 Å². The molecule has 0 aliphatic carbocycles. The molecule has 0 aliphatic rings. The Kier molecular flexibility index (Phi) is 9.60. The molecule has 0 fully saturated rings. The largest absolute Gasteiger partial charge is 0.397 e. The second kappa shape index (κ2) is 7.89. The van der Waals surface area contributed by atoms with E-state index in [1.807, 2.05) is 0 Å². The van der Waals surface area contributed by atoms with Crippen LogP contribution in [0.4, 0.5) is 0 Å². The first kappa shape index (κ1) is 13.4. The summed E-state index contributed by atoms with van der Waals surface area (Å²) in [6.45, 7) is 2.63. The van der Waals surface area contributed by atoms with E-state index in [0.29, 0.717) is 13.1 Å². The Bertz CT molecular complexity index is 153. The highest BCUT2D eigenvalue weighted by molar-refractivity contribution is 7.80. The van der Waals surface area contributed by atoms with Crippen molar-refractivity contribution in [3.8, 4) is 0 Å². The minimum Gasteiger partial charge on any atom is -0.329 e. The fourth-order valence-corrected chi connectivity index (χ4v) is 0.447. The topological polar surface area (TPSA) is 116 Å². The van der Waals surface area contributed by atoms with Gasteiger partial charge < -0.3 is 11.5 Å². The summed E-state index contributed by atoms with van der Waals surface area (Å²) in [6.07, 6.45) is 0. The zero-order valence-electron chi connectivity index (χ0n) is 6.36. The normalized spacial score (nSPS) is 10.2. The van der Waals surface area contributed by atoms with Gasteiger partial charge in [-0.25, -0.2) is 4.18 Å². The van der Waals surface area contributed by atoms with Gasteiger partial charge in [0.25, 0.3) is 0 Å². The maximum atomic E-state index is 9.56. The Balaban J connectivity index is 0. The van der Waals surface area contributed by atoms with Crippen LogP contribution in [0.5, 0.6) is 0 Å². The number of hydrogen-bond acceptors (Lipinski definition) is 5. The average Bonchev–Trinajstić information content (AvgIpc) is 1.86. The van der Waals surface area contributed by atoms with Gasteiger partial charge in [-0.15, -0.1) is 0 Å². The first-order valence-corrected chi connectivity index (χ1v) is 4.36. The van der Waals surface area contributed by atoms with Crippen molar-refractivity contribution in [1.29, 1.82) is 0 Å². The van der Waals surface area contributed by atoms with Crippen LogP contribution in [0.3, 0.4) is 0 Å². The predicted molar refractivity (Wildman–Crippen MR) is 41.3 cm³/mol. The highest BCUT2D eigenvalue weighted by atomic mass is 32.3. The molecule has 0 spiro atoms. The quantitative estimate of drug-likeness (QED) is 0.473. The molecule has 0 unspecified atom stereocenters. The van der Waals surface area contributed by atoms with Crippen molar-refractivity contribution in [2.45, 2.75) is 6.92 Å². The number of nitrogens with two attached hydrogens (primary N) is 2. The van der Waals surface area contributed by atoms with Gasteiger partial charge in [-0.05, 0) is 6.92 Å². The second-order valence-electron chi connectivity index (χ2n) is 1.41. The Labute approximate surface area is 66.5 Å². The summed E-state index contributed by atoms with van der Waals surface area (Å²) >= 11 is 0. The minimum absolute atomic E-state index is 0.0289. The van der Waals surface area contributed by atoms with Crippen molar-refractivity contribution in [1.82, 2.24) is 0 Å². The zero-order chi connectivity index (χ0) is 9.33. The molecule has 70 valence electrons. The van der Waals surface area contributed by atoms with Crippen LogP contribution in [0.2, 0.25) is 0 Å². The lowest BCUT2D eigenvalue weighted by Crippen LogP contribution is -2.11. The first-order valence-electron chi connectivity index (χ1n) is 2.99. The molecule has 0 saturated carbocycles. The van der Waals surface area contributed by atoms with Crippen LogP contribution in [0.1, 0.15) is 6.92 Å². The smallest absolute Gasteiger partial charge is 0.329 e. The lowest BCUT2D eigenvalue weighted by atomic mass is 10.7. The third kappa shape index (κ3) is 25.9. The molecule has 5 N–H and O–H groups in total. The summed E-state index contributed by atoms with van der Waals surface area (Å²) in [5, 5.41) is 0. The van der Waals surface area contributed by atoms with Crippen molar-refractivity contribution in [3.63, 3.8) is 0 Å². The summed E-state index contributed by atoms with van der Waals surface area (Å²) in [5.74, 6) is 0. The molecule has 0 bridgehead atoms. The molecular formula is C4H14N2O4S. The monoisotopic (exact) mass is 186 g/mol. The van der Waals surface area contributed by atoms with Crippen LogP contribution in [0.25, 0.3) is 0 Å². The van der Waals surface area contributed by atoms with Gasteiger partial charge in [-0.1, -0.05) is 0 Å². The molecule has 0 amide bonds. The average molecular weight is 186 g/mol.